The van der Waals surface area contributed by atoms with E-state index < -0.39 is 0 Å². The van der Waals surface area contributed by atoms with Crippen LogP contribution in [0.4, 0.5) is 5.69 Å². The molecule has 3 aromatic carbocycles. The second-order valence-corrected chi connectivity index (χ2v) is 8.85. The molecule has 8 heteroatoms. The zero-order valence-corrected chi connectivity index (χ0v) is 20.6. The smallest absolute Gasteiger partial charge is 0.295 e. The van der Waals surface area contributed by atoms with Crippen LogP contribution >= 0.6 is 31.9 Å². The van der Waals surface area contributed by atoms with Crippen molar-refractivity contribution in [3.63, 3.8) is 0 Å². The predicted molar refractivity (Wildman–Crippen MR) is 132 cm³/mol. The van der Waals surface area contributed by atoms with E-state index in [0.717, 1.165) is 31.5 Å². The zero-order valence-electron chi connectivity index (χ0n) is 17.5. The van der Waals surface area contributed by atoms with Gasteiger partial charge in [-0.05, 0) is 74.0 Å². The molecule has 4 aromatic rings. The molecule has 0 unspecified atom stereocenters. The molecule has 0 aliphatic rings. The Morgan fingerprint density at radius 2 is 1.69 bits per heavy atom. The zero-order chi connectivity index (χ0) is 22.7. The lowest BCUT2D eigenvalue weighted by Crippen LogP contribution is -2.15. The summed E-state index contributed by atoms with van der Waals surface area (Å²) < 4.78 is 9.11. The summed E-state index contributed by atoms with van der Waals surface area (Å²) in [7, 11) is 0. The quantitative estimate of drug-likeness (QED) is 0.298. The highest BCUT2D eigenvalue weighted by Gasteiger charge is 2.19. The van der Waals surface area contributed by atoms with E-state index in [1.54, 1.807) is 4.68 Å². The van der Waals surface area contributed by atoms with Crippen molar-refractivity contribution in [2.24, 2.45) is 0 Å². The summed E-state index contributed by atoms with van der Waals surface area (Å²) in [5.74, 6) is 1.04. The maximum absolute atomic E-state index is 13.0. The third-order valence-corrected chi connectivity index (χ3v) is 5.76. The van der Waals surface area contributed by atoms with E-state index in [-0.39, 0.29) is 11.7 Å². The van der Waals surface area contributed by atoms with Crippen LogP contribution in [-0.2, 0) is 0 Å². The van der Waals surface area contributed by atoms with E-state index in [0.29, 0.717) is 18.1 Å². The van der Waals surface area contributed by atoms with Crippen LogP contribution in [0, 0.1) is 6.92 Å². The molecule has 0 saturated carbocycles. The fraction of sp³-hybridized carbons (Fsp3) is 0.125. The van der Waals surface area contributed by atoms with Gasteiger partial charge in [-0.2, -0.15) is 0 Å². The molecule has 32 heavy (non-hydrogen) atoms. The van der Waals surface area contributed by atoms with Gasteiger partial charge in [0.25, 0.3) is 5.91 Å². The number of ether oxygens (including phenoxy) is 1. The van der Waals surface area contributed by atoms with Gasteiger partial charge in [-0.1, -0.05) is 44.0 Å². The highest BCUT2D eigenvalue weighted by Crippen LogP contribution is 2.25. The first-order chi connectivity index (χ1) is 15.4. The van der Waals surface area contributed by atoms with Crippen LogP contribution < -0.4 is 10.1 Å². The maximum atomic E-state index is 13.0. The van der Waals surface area contributed by atoms with Crippen LogP contribution in [0.2, 0.25) is 0 Å². The summed E-state index contributed by atoms with van der Waals surface area (Å²) in [6.07, 6.45) is 0. The number of nitrogens with one attached hydrogen (secondary N) is 1. The SMILES string of the molecule is CCOc1ccc(-n2nc(C(=O)Nc3ccc(Br)cc3C)nc2-c2ccc(Br)cc2)cc1. The molecular formula is C24H20Br2N4O2. The minimum atomic E-state index is -0.376. The number of halogens is 2. The van der Waals surface area contributed by atoms with E-state index in [4.69, 9.17) is 4.74 Å². The van der Waals surface area contributed by atoms with E-state index in [9.17, 15) is 4.79 Å². The molecule has 0 fully saturated rings. The molecule has 4 rings (SSSR count). The van der Waals surface area contributed by atoms with Gasteiger partial charge in [0.05, 0.1) is 12.3 Å². The number of anilines is 1. The fourth-order valence-electron chi connectivity index (χ4n) is 3.17. The average molecular weight is 556 g/mol. The number of amides is 1. The molecule has 0 saturated heterocycles. The number of aromatic nitrogens is 3. The van der Waals surface area contributed by atoms with Crippen LogP contribution in [0.15, 0.2) is 75.7 Å². The van der Waals surface area contributed by atoms with Gasteiger partial charge < -0.3 is 10.1 Å². The van der Waals surface area contributed by atoms with Crippen molar-refractivity contribution in [1.29, 1.82) is 0 Å². The lowest BCUT2D eigenvalue weighted by atomic mass is 10.2. The fourth-order valence-corrected chi connectivity index (χ4v) is 3.91. The molecular weight excluding hydrogens is 536 g/mol. The minimum Gasteiger partial charge on any atom is -0.494 e. The first-order valence-corrected chi connectivity index (χ1v) is 11.6. The number of hydrogen-bond donors (Lipinski definition) is 1. The maximum Gasteiger partial charge on any atom is 0.295 e. The molecule has 162 valence electrons. The van der Waals surface area contributed by atoms with E-state index in [2.05, 4.69) is 47.3 Å². The molecule has 0 atom stereocenters. The van der Waals surface area contributed by atoms with E-state index in [1.807, 2.05) is 80.6 Å². The molecule has 6 nitrogen and oxygen atoms in total. The molecule has 1 heterocycles. The topological polar surface area (TPSA) is 69.0 Å². The highest BCUT2D eigenvalue weighted by molar-refractivity contribution is 9.10. The molecule has 1 N–H and O–H groups in total. The first kappa shape index (κ1) is 22.2. The van der Waals surface area contributed by atoms with Crippen molar-refractivity contribution in [3.8, 4) is 22.8 Å². The third-order valence-electron chi connectivity index (χ3n) is 4.74. The van der Waals surface area contributed by atoms with Crippen molar-refractivity contribution < 1.29 is 9.53 Å². The van der Waals surface area contributed by atoms with E-state index >= 15 is 0 Å². The normalized spacial score (nSPS) is 10.8. The summed E-state index contributed by atoms with van der Waals surface area (Å²) in [6, 6.07) is 20.9. The summed E-state index contributed by atoms with van der Waals surface area (Å²) in [4.78, 5) is 17.6. The second-order valence-electron chi connectivity index (χ2n) is 7.02. The van der Waals surface area contributed by atoms with E-state index in [1.165, 1.54) is 0 Å². The molecule has 0 aliphatic heterocycles. The molecule has 0 spiro atoms. The van der Waals surface area contributed by atoms with Crippen LogP contribution in [-0.4, -0.2) is 27.3 Å². The summed E-state index contributed by atoms with van der Waals surface area (Å²) in [5.41, 5.74) is 3.26. The summed E-state index contributed by atoms with van der Waals surface area (Å²) in [5, 5.41) is 7.44. The lowest BCUT2D eigenvalue weighted by molar-refractivity contribution is 0.101. The highest BCUT2D eigenvalue weighted by atomic mass is 79.9. The van der Waals surface area contributed by atoms with Crippen LogP contribution in [0.5, 0.6) is 5.75 Å². The molecule has 1 amide bonds. The Hall–Kier alpha value is -2.97. The largest absolute Gasteiger partial charge is 0.494 e. The van der Waals surface area contributed by atoms with Gasteiger partial charge in [-0.15, -0.1) is 5.10 Å². The van der Waals surface area contributed by atoms with Gasteiger partial charge in [-0.3, -0.25) is 4.79 Å². The van der Waals surface area contributed by atoms with Gasteiger partial charge in [0.2, 0.25) is 5.82 Å². The van der Waals surface area contributed by atoms with Crippen LogP contribution in [0.25, 0.3) is 17.1 Å². The Labute approximate surface area is 202 Å². The molecule has 0 radical (unpaired) electrons. The molecule has 0 bridgehead atoms. The molecule has 0 aliphatic carbocycles. The Kier molecular flexibility index (Phi) is 6.72. The second kappa shape index (κ2) is 9.67. The van der Waals surface area contributed by atoms with Crippen molar-refractivity contribution in [2.75, 3.05) is 11.9 Å². The number of rotatable bonds is 6. The van der Waals surface area contributed by atoms with Gasteiger partial charge >= 0.3 is 0 Å². The van der Waals surface area contributed by atoms with Crippen molar-refractivity contribution in [2.45, 2.75) is 13.8 Å². The number of carbonyl (C=O) groups is 1. The number of aryl methyl sites for hydroxylation is 1. The average Bonchev–Trinajstić information content (AvgIpc) is 3.22. The van der Waals surface area contributed by atoms with Crippen LogP contribution in [0.1, 0.15) is 23.1 Å². The summed E-state index contributed by atoms with van der Waals surface area (Å²) in [6.45, 7) is 4.46. The summed E-state index contributed by atoms with van der Waals surface area (Å²) >= 11 is 6.90. The standard InChI is InChI=1S/C24H20Br2N4O2/c1-3-32-20-11-9-19(10-12-20)30-23(16-4-6-17(25)7-5-16)28-22(29-30)24(31)27-21-13-8-18(26)14-15(21)2/h4-14H,3H2,1-2H3,(H,27,31). The lowest BCUT2D eigenvalue weighted by Gasteiger charge is -2.08. The first-order valence-electron chi connectivity index (χ1n) is 9.98. The molecule has 1 aromatic heterocycles. The minimum absolute atomic E-state index is 0.0825. The van der Waals surface area contributed by atoms with Gasteiger partial charge in [0, 0.05) is 20.2 Å². The van der Waals surface area contributed by atoms with Crippen molar-refractivity contribution >= 4 is 43.5 Å². The van der Waals surface area contributed by atoms with Crippen molar-refractivity contribution in [3.05, 3.63) is 87.1 Å². The number of carbonyl (C=O) groups excluding carboxylic acids is 1. The Bertz CT molecular complexity index is 1250. The van der Waals surface area contributed by atoms with Gasteiger partial charge in [0.15, 0.2) is 5.82 Å². The van der Waals surface area contributed by atoms with Gasteiger partial charge in [0.1, 0.15) is 5.75 Å². The Balaban J connectivity index is 1.73. The third kappa shape index (κ3) is 4.92. The number of hydrogen-bond acceptors (Lipinski definition) is 4. The van der Waals surface area contributed by atoms with Gasteiger partial charge in [-0.25, -0.2) is 9.67 Å². The Morgan fingerprint density at radius 1 is 1.00 bits per heavy atom. The van der Waals surface area contributed by atoms with Crippen LogP contribution in [0.3, 0.4) is 0 Å². The monoisotopic (exact) mass is 554 g/mol. The Morgan fingerprint density at radius 3 is 2.34 bits per heavy atom. The predicted octanol–water partition coefficient (Wildman–Crippen LogP) is 6.42. The number of nitrogens with zero attached hydrogens (tertiary/aromatic N) is 3. The number of benzene rings is 3. The van der Waals surface area contributed by atoms with Crippen molar-refractivity contribution in [1.82, 2.24) is 14.8 Å².